The zero-order chi connectivity index (χ0) is 15.2. The summed E-state index contributed by atoms with van der Waals surface area (Å²) >= 11 is 0. The average molecular weight is 285 g/mol. The first-order chi connectivity index (χ1) is 10.0. The van der Waals surface area contributed by atoms with E-state index in [0.29, 0.717) is 13.1 Å². The molecule has 1 aromatic heterocycles. The zero-order valence-corrected chi connectivity index (χ0v) is 12.2. The predicted molar refractivity (Wildman–Crippen MR) is 81.8 cm³/mol. The summed E-state index contributed by atoms with van der Waals surface area (Å²) in [6.07, 6.45) is 1.43. The highest BCUT2D eigenvalue weighted by atomic mass is 16.3. The van der Waals surface area contributed by atoms with Crippen LogP contribution in [0.2, 0.25) is 0 Å². The van der Waals surface area contributed by atoms with Gasteiger partial charge in [0.05, 0.1) is 18.4 Å². The van der Waals surface area contributed by atoms with Crippen molar-refractivity contribution in [2.75, 3.05) is 12.4 Å². The van der Waals surface area contributed by atoms with Gasteiger partial charge in [0.25, 0.3) is 0 Å². The van der Waals surface area contributed by atoms with Crippen LogP contribution in [0.15, 0.2) is 42.6 Å². The van der Waals surface area contributed by atoms with Gasteiger partial charge >= 0.3 is 0 Å². The lowest BCUT2D eigenvalue weighted by Crippen LogP contribution is -2.23. The van der Waals surface area contributed by atoms with Crippen molar-refractivity contribution in [2.24, 2.45) is 0 Å². The standard InChI is InChI=1S/C16H19N3O2/c1-12(20)19(2)11-13-4-3-5-14(8-13)17-9-15-6-7-16(21)10-18-15/h3-8,10,17,21H,9,11H2,1-2H3. The molecule has 2 aromatic rings. The smallest absolute Gasteiger partial charge is 0.219 e. The summed E-state index contributed by atoms with van der Waals surface area (Å²) in [6.45, 7) is 2.72. The minimum Gasteiger partial charge on any atom is -0.506 e. The van der Waals surface area contributed by atoms with Gasteiger partial charge in [0.15, 0.2) is 0 Å². The maximum absolute atomic E-state index is 11.3. The Hall–Kier alpha value is -2.56. The van der Waals surface area contributed by atoms with E-state index >= 15 is 0 Å². The Labute approximate surface area is 124 Å². The van der Waals surface area contributed by atoms with Gasteiger partial charge in [0.1, 0.15) is 5.75 Å². The van der Waals surface area contributed by atoms with Gasteiger partial charge in [-0.2, -0.15) is 0 Å². The molecule has 0 saturated carbocycles. The van der Waals surface area contributed by atoms with Crippen molar-refractivity contribution in [1.29, 1.82) is 0 Å². The normalized spacial score (nSPS) is 10.2. The summed E-state index contributed by atoms with van der Waals surface area (Å²) in [5, 5.41) is 12.5. The van der Waals surface area contributed by atoms with Crippen LogP contribution >= 0.6 is 0 Å². The highest BCUT2D eigenvalue weighted by molar-refractivity contribution is 5.72. The first-order valence-electron chi connectivity index (χ1n) is 6.73. The number of nitrogens with one attached hydrogen (secondary N) is 1. The summed E-state index contributed by atoms with van der Waals surface area (Å²) in [4.78, 5) is 17.0. The third kappa shape index (κ3) is 4.49. The van der Waals surface area contributed by atoms with E-state index in [9.17, 15) is 9.90 Å². The first-order valence-corrected chi connectivity index (χ1v) is 6.73. The van der Waals surface area contributed by atoms with Crippen LogP contribution in [0.4, 0.5) is 5.69 Å². The van der Waals surface area contributed by atoms with Crippen LogP contribution in [-0.4, -0.2) is 27.9 Å². The van der Waals surface area contributed by atoms with Gasteiger partial charge in [0, 0.05) is 26.2 Å². The Morgan fingerprint density at radius 1 is 1.33 bits per heavy atom. The van der Waals surface area contributed by atoms with E-state index in [1.165, 1.54) is 6.20 Å². The molecule has 0 atom stereocenters. The van der Waals surface area contributed by atoms with E-state index < -0.39 is 0 Å². The van der Waals surface area contributed by atoms with E-state index in [1.54, 1.807) is 31.0 Å². The van der Waals surface area contributed by atoms with Gasteiger partial charge in [-0.25, -0.2) is 0 Å². The molecule has 110 valence electrons. The van der Waals surface area contributed by atoms with Gasteiger partial charge in [-0.1, -0.05) is 12.1 Å². The number of pyridine rings is 1. The summed E-state index contributed by atoms with van der Waals surface area (Å²) in [5.74, 6) is 0.203. The van der Waals surface area contributed by atoms with Crippen molar-refractivity contribution in [3.05, 3.63) is 53.9 Å². The second-order valence-electron chi connectivity index (χ2n) is 4.94. The number of anilines is 1. The second-order valence-corrected chi connectivity index (χ2v) is 4.94. The summed E-state index contributed by atoms with van der Waals surface area (Å²) < 4.78 is 0. The summed E-state index contributed by atoms with van der Waals surface area (Å²) in [7, 11) is 1.78. The zero-order valence-electron chi connectivity index (χ0n) is 12.2. The van der Waals surface area contributed by atoms with Gasteiger partial charge < -0.3 is 15.3 Å². The molecule has 0 saturated heterocycles. The molecule has 0 bridgehead atoms. The molecule has 5 nitrogen and oxygen atoms in total. The van der Waals surface area contributed by atoms with E-state index in [4.69, 9.17) is 0 Å². The van der Waals surface area contributed by atoms with Crippen LogP contribution in [-0.2, 0) is 17.9 Å². The summed E-state index contributed by atoms with van der Waals surface area (Å²) in [5.41, 5.74) is 2.88. The largest absolute Gasteiger partial charge is 0.506 e. The highest BCUT2D eigenvalue weighted by Gasteiger charge is 2.04. The Bertz CT molecular complexity index is 611. The fraction of sp³-hybridized carbons (Fsp3) is 0.250. The Kier molecular flexibility index (Phi) is 4.77. The number of benzene rings is 1. The van der Waals surface area contributed by atoms with Crippen LogP contribution in [0.25, 0.3) is 0 Å². The van der Waals surface area contributed by atoms with Crippen molar-refractivity contribution >= 4 is 11.6 Å². The number of hydrogen-bond acceptors (Lipinski definition) is 4. The topological polar surface area (TPSA) is 65.5 Å². The monoisotopic (exact) mass is 285 g/mol. The Morgan fingerprint density at radius 3 is 2.81 bits per heavy atom. The molecule has 0 fully saturated rings. The van der Waals surface area contributed by atoms with E-state index in [1.807, 2.05) is 24.3 Å². The molecule has 0 radical (unpaired) electrons. The molecule has 2 rings (SSSR count). The maximum Gasteiger partial charge on any atom is 0.219 e. The van der Waals surface area contributed by atoms with Gasteiger partial charge in [-0.15, -0.1) is 0 Å². The van der Waals surface area contributed by atoms with Crippen LogP contribution in [0.5, 0.6) is 5.75 Å². The molecule has 0 aliphatic heterocycles. The third-order valence-electron chi connectivity index (χ3n) is 3.17. The number of nitrogens with zero attached hydrogens (tertiary/aromatic N) is 2. The number of carbonyl (C=O) groups excluding carboxylic acids is 1. The third-order valence-corrected chi connectivity index (χ3v) is 3.17. The maximum atomic E-state index is 11.3. The van der Waals surface area contributed by atoms with Crippen LogP contribution in [0.3, 0.4) is 0 Å². The lowest BCUT2D eigenvalue weighted by molar-refractivity contribution is -0.128. The fourth-order valence-electron chi connectivity index (χ4n) is 1.88. The number of amides is 1. The number of rotatable bonds is 5. The second kappa shape index (κ2) is 6.74. The molecule has 0 aliphatic carbocycles. The van der Waals surface area contributed by atoms with Crippen LogP contribution in [0.1, 0.15) is 18.2 Å². The highest BCUT2D eigenvalue weighted by Crippen LogP contribution is 2.14. The van der Waals surface area contributed by atoms with Crippen LogP contribution in [0, 0.1) is 0 Å². The Morgan fingerprint density at radius 2 is 2.14 bits per heavy atom. The van der Waals surface area contributed by atoms with Gasteiger partial charge in [0.2, 0.25) is 5.91 Å². The number of hydrogen-bond donors (Lipinski definition) is 2. The minimum absolute atomic E-state index is 0.0432. The Balaban J connectivity index is 1.97. The van der Waals surface area contributed by atoms with Gasteiger partial charge in [-0.05, 0) is 29.8 Å². The summed E-state index contributed by atoms with van der Waals surface area (Å²) in [6, 6.07) is 11.3. The molecule has 1 heterocycles. The number of carbonyl (C=O) groups is 1. The SMILES string of the molecule is CC(=O)N(C)Cc1cccc(NCc2ccc(O)cn2)c1. The first kappa shape index (κ1) is 14.8. The minimum atomic E-state index is 0.0432. The molecular weight excluding hydrogens is 266 g/mol. The van der Waals surface area contributed by atoms with E-state index in [-0.39, 0.29) is 11.7 Å². The number of aromatic hydroxyl groups is 1. The van der Waals surface area contributed by atoms with Crippen molar-refractivity contribution in [1.82, 2.24) is 9.88 Å². The molecule has 21 heavy (non-hydrogen) atoms. The molecule has 0 aliphatic rings. The molecule has 5 heteroatoms. The number of aromatic nitrogens is 1. The lowest BCUT2D eigenvalue weighted by atomic mass is 10.2. The van der Waals surface area contributed by atoms with Crippen molar-refractivity contribution in [3.8, 4) is 5.75 Å². The van der Waals surface area contributed by atoms with E-state index in [2.05, 4.69) is 10.3 Å². The fourth-order valence-corrected chi connectivity index (χ4v) is 1.88. The molecule has 0 unspecified atom stereocenters. The molecular formula is C16H19N3O2. The van der Waals surface area contributed by atoms with E-state index in [0.717, 1.165) is 16.9 Å². The molecule has 1 aromatic carbocycles. The molecule has 1 amide bonds. The van der Waals surface area contributed by atoms with Gasteiger partial charge in [-0.3, -0.25) is 9.78 Å². The van der Waals surface area contributed by atoms with Crippen molar-refractivity contribution in [2.45, 2.75) is 20.0 Å². The lowest BCUT2D eigenvalue weighted by Gasteiger charge is -2.15. The predicted octanol–water partition coefficient (Wildman–Crippen LogP) is 2.38. The molecule has 2 N–H and O–H groups in total. The van der Waals surface area contributed by atoms with Crippen molar-refractivity contribution < 1.29 is 9.90 Å². The van der Waals surface area contributed by atoms with Crippen molar-refractivity contribution in [3.63, 3.8) is 0 Å². The average Bonchev–Trinajstić information content (AvgIpc) is 2.47. The van der Waals surface area contributed by atoms with Crippen LogP contribution < -0.4 is 5.32 Å². The quantitative estimate of drug-likeness (QED) is 0.885. The molecule has 0 spiro atoms.